The van der Waals surface area contributed by atoms with E-state index in [1.54, 1.807) is 19.2 Å². The van der Waals surface area contributed by atoms with E-state index in [4.69, 9.17) is 4.74 Å². The van der Waals surface area contributed by atoms with Gasteiger partial charge >= 0.3 is 0 Å². The van der Waals surface area contributed by atoms with Crippen LogP contribution >= 0.6 is 11.3 Å². The highest BCUT2D eigenvalue weighted by Gasteiger charge is 2.28. The van der Waals surface area contributed by atoms with Gasteiger partial charge in [0, 0.05) is 37.3 Å². The topological polar surface area (TPSA) is 105 Å². The summed E-state index contributed by atoms with van der Waals surface area (Å²) in [6.45, 7) is 2.20. The third-order valence-corrected chi connectivity index (χ3v) is 7.96. The summed E-state index contributed by atoms with van der Waals surface area (Å²) < 4.78 is 32.6. The van der Waals surface area contributed by atoms with E-state index in [2.05, 4.69) is 20.4 Å². The first kappa shape index (κ1) is 22.3. The van der Waals surface area contributed by atoms with Crippen LogP contribution in [0.5, 0.6) is 5.75 Å². The highest BCUT2D eigenvalue weighted by atomic mass is 32.2. The Morgan fingerprint density at radius 3 is 2.47 bits per heavy atom. The lowest BCUT2D eigenvalue weighted by Gasteiger charge is -2.31. The van der Waals surface area contributed by atoms with Crippen LogP contribution in [0.2, 0.25) is 0 Å². The Labute approximate surface area is 190 Å². The van der Waals surface area contributed by atoms with Crippen molar-refractivity contribution in [3.8, 4) is 16.3 Å². The lowest BCUT2D eigenvalue weighted by Crippen LogP contribution is -2.47. The Kier molecular flexibility index (Phi) is 6.51. The van der Waals surface area contributed by atoms with Gasteiger partial charge in [0.2, 0.25) is 15.2 Å². The first-order valence-corrected chi connectivity index (χ1v) is 12.2. The summed E-state index contributed by atoms with van der Waals surface area (Å²) in [5.41, 5.74) is 1.09. The minimum absolute atomic E-state index is 0.103. The predicted octanol–water partition coefficient (Wildman–Crippen LogP) is 2.40. The zero-order chi connectivity index (χ0) is 22.7. The minimum atomic E-state index is -3.66. The largest absolute Gasteiger partial charge is 0.497 e. The second-order valence-corrected chi connectivity index (χ2v) is 10.2. The number of hydrogen-bond acceptors (Lipinski definition) is 8. The van der Waals surface area contributed by atoms with Gasteiger partial charge in [0.1, 0.15) is 10.8 Å². The molecule has 3 aromatic rings. The van der Waals surface area contributed by atoms with Crippen molar-refractivity contribution in [3.63, 3.8) is 0 Å². The molecule has 1 amide bonds. The fourth-order valence-corrected chi connectivity index (χ4v) is 5.48. The number of methoxy groups -OCH3 is 1. The first-order valence-electron chi connectivity index (χ1n) is 9.95. The van der Waals surface area contributed by atoms with Crippen LogP contribution in [-0.4, -0.2) is 74.1 Å². The molecule has 168 valence electrons. The molecule has 0 unspecified atom stereocenters. The number of benzene rings is 2. The van der Waals surface area contributed by atoms with Gasteiger partial charge < -0.3 is 9.64 Å². The van der Waals surface area contributed by atoms with Crippen molar-refractivity contribution in [3.05, 3.63) is 54.1 Å². The zero-order valence-corrected chi connectivity index (χ0v) is 19.3. The maximum Gasteiger partial charge on any atom is 0.257 e. The lowest BCUT2D eigenvalue weighted by molar-refractivity contribution is 0.102. The van der Waals surface area contributed by atoms with E-state index >= 15 is 0 Å². The Balaban J connectivity index is 1.48. The minimum Gasteiger partial charge on any atom is -0.497 e. The van der Waals surface area contributed by atoms with E-state index in [-0.39, 0.29) is 10.5 Å². The van der Waals surface area contributed by atoms with Crippen LogP contribution in [0.4, 0.5) is 5.13 Å². The van der Waals surface area contributed by atoms with Gasteiger partial charge in [0.05, 0.1) is 12.0 Å². The number of sulfonamides is 1. The SMILES string of the molecule is COc1ccc(-c2nnc(NC(=O)c3cccc(S(=O)(=O)N4CCN(C)CC4)c3)s2)cc1. The molecule has 0 bridgehead atoms. The second-order valence-electron chi connectivity index (χ2n) is 7.33. The number of ether oxygens (including phenoxy) is 1. The maximum atomic E-state index is 13.0. The van der Waals surface area contributed by atoms with Gasteiger partial charge in [-0.25, -0.2) is 8.42 Å². The molecule has 2 heterocycles. The number of likely N-dealkylation sites (N-methyl/N-ethyl adjacent to an activating group) is 1. The number of anilines is 1. The summed E-state index contributed by atoms with van der Waals surface area (Å²) in [6, 6.07) is 13.4. The molecule has 0 radical (unpaired) electrons. The van der Waals surface area contributed by atoms with E-state index in [1.807, 2.05) is 31.3 Å². The number of amides is 1. The zero-order valence-electron chi connectivity index (χ0n) is 17.7. The fraction of sp³-hybridized carbons (Fsp3) is 0.286. The van der Waals surface area contributed by atoms with Crippen molar-refractivity contribution in [1.29, 1.82) is 0 Å². The van der Waals surface area contributed by atoms with Crippen LogP contribution in [0, 0.1) is 0 Å². The molecule has 32 heavy (non-hydrogen) atoms. The van der Waals surface area contributed by atoms with E-state index in [0.717, 1.165) is 11.3 Å². The summed E-state index contributed by atoms with van der Waals surface area (Å²) in [6.07, 6.45) is 0. The molecule has 11 heteroatoms. The Bertz CT molecular complexity index is 1200. The Morgan fingerprint density at radius 2 is 1.78 bits per heavy atom. The molecule has 0 spiro atoms. The van der Waals surface area contributed by atoms with Crippen LogP contribution in [0.25, 0.3) is 10.6 Å². The molecule has 1 aromatic heterocycles. The number of carbonyl (C=O) groups excluding carboxylic acids is 1. The molecule has 0 aliphatic carbocycles. The second kappa shape index (κ2) is 9.33. The van der Waals surface area contributed by atoms with Crippen molar-refractivity contribution < 1.29 is 17.9 Å². The number of hydrogen-bond donors (Lipinski definition) is 1. The van der Waals surface area contributed by atoms with Gasteiger partial charge in [-0.05, 0) is 49.5 Å². The number of nitrogens with one attached hydrogen (secondary N) is 1. The summed E-state index contributed by atoms with van der Waals surface area (Å²) in [5, 5.41) is 11.8. The molecule has 1 fully saturated rings. The van der Waals surface area contributed by atoms with Crippen LogP contribution in [0.1, 0.15) is 10.4 Å². The predicted molar refractivity (Wildman–Crippen MR) is 123 cm³/mol. The summed E-state index contributed by atoms with van der Waals surface area (Å²) >= 11 is 1.23. The number of rotatable bonds is 6. The Morgan fingerprint density at radius 1 is 1.06 bits per heavy atom. The lowest BCUT2D eigenvalue weighted by atomic mass is 10.2. The van der Waals surface area contributed by atoms with Gasteiger partial charge in [0.15, 0.2) is 0 Å². The van der Waals surface area contributed by atoms with Crippen LogP contribution in [0.15, 0.2) is 53.4 Å². The summed E-state index contributed by atoms with van der Waals surface area (Å²) in [7, 11) is -0.104. The van der Waals surface area contributed by atoms with Crippen molar-refractivity contribution >= 4 is 32.4 Å². The first-order chi connectivity index (χ1) is 15.4. The molecule has 9 nitrogen and oxygen atoms in total. The van der Waals surface area contributed by atoms with E-state index < -0.39 is 15.9 Å². The number of carbonyl (C=O) groups is 1. The van der Waals surface area contributed by atoms with Gasteiger partial charge in [-0.2, -0.15) is 4.31 Å². The van der Waals surface area contributed by atoms with Crippen molar-refractivity contribution in [1.82, 2.24) is 19.4 Å². The highest BCUT2D eigenvalue weighted by molar-refractivity contribution is 7.89. The third-order valence-electron chi connectivity index (χ3n) is 5.18. The Hall–Kier alpha value is -2.86. The average Bonchev–Trinajstić information content (AvgIpc) is 3.28. The number of aromatic nitrogens is 2. The number of nitrogens with zero attached hydrogens (tertiary/aromatic N) is 4. The summed E-state index contributed by atoms with van der Waals surface area (Å²) in [4.78, 5) is 14.9. The molecule has 1 aliphatic rings. The molecule has 0 saturated carbocycles. The normalized spacial score (nSPS) is 15.4. The third kappa shape index (κ3) is 4.80. The molecule has 1 aliphatic heterocycles. The van der Waals surface area contributed by atoms with Crippen LogP contribution in [-0.2, 0) is 10.0 Å². The highest BCUT2D eigenvalue weighted by Crippen LogP contribution is 2.28. The maximum absolute atomic E-state index is 13.0. The van der Waals surface area contributed by atoms with Crippen LogP contribution in [0.3, 0.4) is 0 Å². The fourth-order valence-electron chi connectivity index (χ4n) is 3.27. The van der Waals surface area contributed by atoms with Gasteiger partial charge in [-0.1, -0.05) is 17.4 Å². The molecule has 0 atom stereocenters. The molecular weight excluding hydrogens is 450 g/mol. The van der Waals surface area contributed by atoms with Gasteiger partial charge in [0.25, 0.3) is 5.91 Å². The molecule has 1 N–H and O–H groups in total. The molecule has 2 aromatic carbocycles. The monoisotopic (exact) mass is 473 g/mol. The van der Waals surface area contributed by atoms with E-state index in [0.29, 0.717) is 36.3 Å². The van der Waals surface area contributed by atoms with E-state index in [9.17, 15) is 13.2 Å². The number of piperazine rings is 1. The van der Waals surface area contributed by atoms with Gasteiger partial charge in [-0.15, -0.1) is 10.2 Å². The molecular formula is C21H23N5O4S2. The quantitative estimate of drug-likeness (QED) is 0.586. The van der Waals surface area contributed by atoms with Gasteiger partial charge in [-0.3, -0.25) is 10.1 Å². The van der Waals surface area contributed by atoms with Crippen molar-refractivity contribution in [2.24, 2.45) is 0 Å². The van der Waals surface area contributed by atoms with Crippen molar-refractivity contribution in [2.75, 3.05) is 45.7 Å². The molecule has 4 rings (SSSR count). The summed E-state index contributed by atoms with van der Waals surface area (Å²) in [5.74, 6) is 0.288. The van der Waals surface area contributed by atoms with E-state index in [1.165, 1.54) is 27.8 Å². The van der Waals surface area contributed by atoms with Crippen molar-refractivity contribution in [2.45, 2.75) is 4.90 Å². The smallest absolute Gasteiger partial charge is 0.257 e. The average molecular weight is 474 g/mol. The molecule has 1 saturated heterocycles. The standard InChI is InChI=1S/C21H23N5O4S2/c1-25-10-12-26(13-11-25)32(28,29)18-5-3-4-16(14-18)19(27)22-21-24-23-20(31-21)15-6-8-17(30-2)9-7-15/h3-9,14H,10-13H2,1-2H3,(H,22,24,27). The van der Waals surface area contributed by atoms with Crippen LogP contribution < -0.4 is 10.1 Å².